The van der Waals surface area contributed by atoms with E-state index in [0.29, 0.717) is 17.7 Å². The smallest absolute Gasteiger partial charge is 0.411 e. The van der Waals surface area contributed by atoms with Crippen molar-refractivity contribution in [2.24, 2.45) is 29.4 Å². The summed E-state index contributed by atoms with van der Waals surface area (Å²) in [6.45, 7) is 2.08. The van der Waals surface area contributed by atoms with Crippen LogP contribution in [0.15, 0.2) is 6.07 Å². The molecule has 13 heteroatoms. The second-order valence-corrected chi connectivity index (χ2v) is 11.4. The van der Waals surface area contributed by atoms with Crippen molar-refractivity contribution in [1.29, 1.82) is 0 Å². The van der Waals surface area contributed by atoms with Gasteiger partial charge in [-0.2, -0.15) is 0 Å². The van der Waals surface area contributed by atoms with Crippen LogP contribution in [-0.2, 0) is 30.3 Å². The first-order valence-electron chi connectivity index (χ1n) is 13.5. The highest BCUT2D eigenvalue weighted by Crippen LogP contribution is 2.52. The Bertz CT molecular complexity index is 1340. The zero-order valence-electron chi connectivity index (χ0n) is 23.7. The van der Waals surface area contributed by atoms with Gasteiger partial charge in [0.15, 0.2) is 34.7 Å². The van der Waals surface area contributed by atoms with Crippen molar-refractivity contribution in [3.63, 3.8) is 0 Å². The number of carbonyl (C=O) groups is 6. The fourth-order valence-electron chi connectivity index (χ4n) is 6.60. The van der Waals surface area contributed by atoms with Crippen LogP contribution in [0.1, 0.15) is 42.1 Å². The lowest BCUT2D eigenvalue weighted by atomic mass is 9.52. The minimum atomic E-state index is -2.81. The first-order valence-corrected chi connectivity index (χ1v) is 13.5. The summed E-state index contributed by atoms with van der Waals surface area (Å²) < 4.78 is 5.11. The first kappa shape index (κ1) is 30.1. The van der Waals surface area contributed by atoms with Gasteiger partial charge in [0, 0.05) is 25.7 Å². The number of ether oxygens (including phenoxy) is 1. The molecule has 0 aromatic heterocycles. The second-order valence-electron chi connectivity index (χ2n) is 11.4. The molecule has 4 rings (SSSR count). The fraction of sp³-hybridized carbons (Fsp3) is 0.571. The van der Waals surface area contributed by atoms with E-state index in [0.717, 1.165) is 6.42 Å². The highest BCUT2D eigenvalue weighted by Gasteiger charge is 2.69. The van der Waals surface area contributed by atoms with Crippen LogP contribution in [0.5, 0.6) is 5.75 Å². The number of benzene rings is 1. The van der Waals surface area contributed by atoms with Crippen molar-refractivity contribution in [1.82, 2.24) is 4.90 Å². The minimum Gasteiger partial charge on any atom is -0.505 e. The quantitative estimate of drug-likeness (QED) is 0.199. The first-order chi connectivity index (χ1) is 19.2. The average molecular weight is 573 g/mol. The third-order valence-electron chi connectivity index (χ3n) is 8.49. The van der Waals surface area contributed by atoms with E-state index in [1.54, 1.807) is 19.0 Å². The van der Waals surface area contributed by atoms with Crippen molar-refractivity contribution in [2.75, 3.05) is 45.0 Å². The van der Waals surface area contributed by atoms with Gasteiger partial charge in [0.2, 0.25) is 5.91 Å². The number of likely N-dealkylation sites (N-methyl/N-ethyl adjacent to an activating group) is 1. The van der Waals surface area contributed by atoms with Gasteiger partial charge in [-0.05, 0) is 50.9 Å². The van der Waals surface area contributed by atoms with Crippen LogP contribution in [0.4, 0.5) is 16.2 Å². The van der Waals surface area contributed by atoms with Crippen LogP contribution in [0.2, 0.25) is 0 Å². The number of primary amides is 1. The number of unbranched alkanes of at least 4 members (excludes halogenated alkanes) is 1. The number of aliphatic hydroxyl groups is 1. The molecule has 0 bridgehead atoms. The number of amides is 2. The predicted octanol–water partition coefficient (Wildman–Crippen LogP) is 0.282. The number of aromatic hydroxyl groups is 1. The fourth-order valence-corrected chi connectivity index (χ4v) is 6.60. The van der Waals surface area contributed by atoms with E-state index in [4.69, 9.17) is 10.5 Å². The largest absolute Gasteiger partial charge is 0.505 e. The monoisotopic (exact) mass is 572 g/mol. The number of nitrogens with two attached hydrogens (primary N) is 1. The van der Waals surface area contributed by atoms with Crippen LogP contribution < -0.4 is 16.0 Å². The molecule has 0 aliphatic heterocycles. The Hall–Kier alpha value is -3.84. The number of fused-ring (bicyclic) bond motifs is 3. The van der Waals surface area contributed by atoms with Gasteiger partial charge in [-0.25, -0.2) is 4.79 Å². The minimum absolute atomic E-state index is 0.0543. The summed E-state index contributed by atoms with van der Waals surface area (Å²) in [5.74, 6) is -11.5. The van der Waals surface area contributed by atoms with Crippen molar-refractivity contribution >= 4 is 46.5 Å². The molecule has 2 amide bonds. The zero-order valence-corrected chi connectivity index (χ0v) is 23.7. The molecule has 2 saturated carbocycles. The van der Waals surface area contributed by atoms with E-state index in [9.17, 15) is 39.0 Å². The standard InChI is InChI=1S/C28H36N4O9/c1-6-7-8-41-27(39)30-15-11-16(31(2)3)13-9-12-10-14-20(32(4)5)23(35)19(26(29)38)25(37)28(14,40)24(36)17(12)22(34)18(13)21(15)33/h11-12,14,17,19-20,33,40H,6-10H2,1-5H3,(H2,29,38)(H,30,39). The lowest BCUT2D eigenvalue weighted by Crippen LogP contribution is -2.74. The molecule has 0 heterocycles. The van der Waals surface area contributed by atoms with Crippen molar-refractivity contribution in [3.8, 4) is 5.75 Å². The Morgan fingerprint density at radius 2 is 1.80 bits per heavy atom. The van der Waals surface area contributed by atoms with E-state index in [2.05, 4.69) is 5.32 Å². The van der Waals surface area contributed by atoms with Crippen LogP contribution in [-0.4, -0.2) is 96.7 Å². The number of rotatable bonds is 7. The van der Waals surface area contributed by atoms with E-state index < -0.39 is 76.2 Å². The van der Waals surface area contributed by atoms with Gasteiger partial charge in [0.05, 0.1) is 29.8 Å². The lowest BCUT2D eigenvalue weighted by molar-refractivity contribution is -0.181. The average Bonchev–Trinajstić information content (AvgIpc) is 2.87. The second kappa shape index (κ2) is 10.9. The molecule has 0 spiro atoms. The third kappa shape index (κ3) is 4.66. The number of nitrogens with one attached hydrogen (secondary N) is 1. The lowest BCUT2D eigenvalue weighted by Gasteiger charge is -2.52. The van der Waals surface area contributed by atoms with Crippen molar-refractivity contribution in [3.05, 3.63) is 17.2 Å². The Morgan fingerprint density at radius 3 is 2.37 bits per heavy atom. The number of anilines is 2. The number of ketones is 4. The summed E-state index contributed by atoms with van der Waals surface area (Å²) in [6.07, 6.45) is 0.646. The van der Waals surface area contributed by atoms with Crippen molar-refractivity contribution < 1.29 is 43.7 Å². The van der Waals surface area contributed by atoms with Gasteiger partial charge in [-0.1, -0.05) is 13.3 Å². The Kier molecular flexibility index (Phi) is 7.98. The summed E-state index contributed by atoms with van der Waals surface area (Å²) in [5.41, 5.74) is 3.13. The number of phenolic OH excluding ortho intramolecular Hbond substituents is 1. The predicted molar refractivity (Wildman–Crippen MR) is 146 cm³/mol. The van der Waals surface area contributed by atoms with Gasteiger partial charge in [0.25, 0.3) is 0 Å². The van der Waals surface area contributed by atoms with Gasteiger partial charge in [-0.3, -0.25) is 34.2 Å². The SMILES string of the molecule is CCCCOC(=O)Nc1cc(N(C)C)c2c(c1O)C(=O)C1C(=O)C3(O)C(=O)C(C(N)=O)C(=O)C(N(C)C)C3CC1C2. The van der Waals surface area contributed by atoms with Crippen LogP contribution in [0.25, 0.3) is 0 Å². The van der Waals surface area contributed by atoms with E-state index >= 15 is 0 Å². The summed E-state index contributed by atoms with van der Waals surface area (Å²) in [7, 11) is 6.47. The molecule has 5 N–H and O–H groups in total. The molecule has 6 atom stereocenters. The van der Waals surface area contributed by atoms with Crippen LogP contribution in [0.3, 0.4) is 0 Å². The molecule has 6 unspecified atom stereocenters. The van der Waals surface area contributed by atoms with Gasteiger partial charge >= 0.3 is 6.09 Å². The number of nitrogens with zero attached hydrogens (tertiary/aromatic N) is 2. The Labute approximate surface area is 237 Å². The number of carbonyl (C=O) groups excluding carboxylic acids is 6. The Balaban J connectivity index is 1.81. The molecule has 222 valence electrons. The molecule has 13 nitrogen and oxygen atoms in total. The molecule has 3 aliphatic rings. The van der Waals surface area contributed by atoms with E-state index in [1.165, 1.54) is 25.1 Å². The summed E-state index contributed by atoms with van der Waals surface area (Å²) in [6, 6.07) is 0.320. The highest BCUT2D eigenvalue weighted by atomic mass is 16.5. The molecule has 41 heavy (non-hydrogen) atoms. The number of phenols is 1. The molecular weight excluding hydrogens is 536 g/mol. The maximum Gasteiger partial charge on any atom is 0.411 e. The highest BCUT2D eigenvalue weighted by molar-refractivity contribution is 6.32. The van der Waals surface area contributed by atoms with E-state index in [1.807, 2.05) is 6.92 Å². The molecular formula is C28H36N4O9. The number of Topliss-reactive ketones (excluding diaryl/α,β-unsaturated/α-hetero) is 4. The third-order valence-corrected chi connectivity index (χ3v) is 8.49. The van der Waals surface area contributed by atoms with Gasteiger partial charge in [0.1, 0.15) is 5.75 Å². The molecule has 1 aromatic rings. The molecule has 2 fully saturated rings. The zero-order chi connectivity index (χ0) is 30.5. The molecule has 1 aromatic carbocycles. The van der Waals surface area contributed by atoms with Gasteiger partial charge < -0.3 is 25.6 Å². The van der Waals surface area contributed by atoms with Crippen molar-refractivity contribution in [2.45, 2.75) is 44.2 Å². The number of hydrogen-bond donors (Lipinski definition) is 4. The normalized spacial score (nSPS) is 29.0. The summed E-state index contributed by atoms with van der Waals surface area (Å²) in [5, 5.41) is 25.3. The Morgan fingerprint density at radius 1 is 1.15 bits per heavy atom. The number of hydrogen-bond acceptors (Lipinski definition) is 11. The maximum absolute atomic E-state index is 14.0. The maximum atomic E-state index is 14.0. The summed E-state index contributed by atoms with van der Waals surface area (Å²) in [4.78, 5) is 82.2. The molecule has 0 saturated heterocycles. The van der Waals surface area contributed by atoms with Gasteiger partial charge in [-0.15, -0.1) is 0 Å². The molecule has 3 aliphatic carbocycles. The summed E-state index contributed by atoms with van der Waals surface area (Å²) >= 11 is 0. The van der Waals surface area contributed by atoms with Crippen LogP contribution in [0, 0.1) is 23.7 Å². The van der Waals surface area contributed by atoms with Crippen LogP contribution >= 0.6 is 0 Å². The van der Waals surface area contributed by atoms with E-state index in [-0.39, 0.29) is 30.7 Å². The molecule has 0 radical (unpaired) electrons. The topological polar surface area (TPSA) is 197 Å².